The van der Waals surface area contributed by atoms with Crippen LogP contribution in [-0.4, -0.2) is 31.5 Å². The first-order chi connectivity index (χ1) is 15.3. The molecule has 1 rings (SSSR count). The smallest absolute Gasteiger partial charge is 0.119 e. The molecule has 0 unspecified atom stereocenters. The van der Waals surface area contributed by atoms with E-state index in [2.05, 4.69) is 13.8 Å². The van der Waals surface area contributed by atoms with Gasteiger partial charge in [-0.15, -0.1) is 0 Å². The van der Waals surface area contributed by atoms with Crippen LogP contribution in [0.3, 0.4) is 0 Å². The highest BCUT2D eigenvalue weighted by atomic mass is 16.5. The molecule has 1 aromatic rings. The Kier molecular flexibility index (Phi) is 26.1. The second kappa shape index (κ2) is 27.0. The minimum Gasteiger partial charge on any atom is -0.494 e. The highest BCUT2D eigenvalue weighted by molar-refractivity contribution is 5.20. The topological polar surface area (TPSA) is 38.7 Å². The van der Waals surface area contributed by atoms with Crippen molar-refractivity contribution in [3.63, 3.8) is 0 Å². The van der Waals surface area contributed by atoms with Crippen molar-refractivity contribution in [3.05, 3.63) is 30.3 Å². The van der Waals surface area contributed by atoms with Crippen LogP contribution >= 0.6 is 0 Å². The molecule has 0 saturated carbocycles. The van der Waals surface area contributed by atoms with Crippen LogP contribution in [0.25, 0.3) is 0 Å². The predicted molar refractivity (Wildman–Crippen MR) is 135 cm³/mol. The summed E-state index contributed by atoms with van der Waals surface area (Å²) in [6.07, 6.45) is 21.5. The minimum atomic E-state index is 0.151. The van der Waals surface area contributed by atoms with Crippen molar-refractivity contribution in [1.82, 2.24) is 0 Å². The van der Waals surface area contributed by atoms with Crippen LogP contribution in [0.1, 0.15) is 117 Å². The molecule has 0 aliphatic rings. The van der Waals surface area contributed by atoms with Gasteiger partial charge in [0.25, 0.3) is 0 Å². The van der Waals surface area contributed by atoms with Gasteiger partial charge < -0.3 is 14.6 Å². The van der Waals surface area contributed by atoms with Crippen LogP contribution in [0.4, 0.5) is 0 Å². The molecule has 0 radical (unpaired) electrons. The summed E-state index contributed by atoms with van der Waals surface area (Å²) in [4.78, 5) is 0. The zero-order valence-corrected chi connectivity index (χ0v) is 20.8. The molecule has 0 amide bonds. The predicted octanol–water partition coefficient (Wildman–Crippen LogP) is 8.34. The quantitative estimate of drug-likeness (QED) is 0.197. The maximum atomic E-state index is 8.50. The molecule has 0 heterocycles. The van der Waals surface area contributed by atoms with Gasteiger partial charge in [0.05, 0.1) is 19.8 Å². The second-order valence-electron chi connectivity index (χ2n) is 8.45. The van der Waals surface area contributed by atoms with Crippen LogP contribution in [0, 0.1) is 0 Å². The molecular formula is C28H52O3. The Morgan fingerprint density at radius 2 is 1.00 bits per heavy atom. The lowest BCUT2D eigenvalue weighted by molar-refractivity contribution is 0.0895. The number of aliphatic hydroxyl groups is 1. The maximum Gasteiger partial charge on any atom is 0.119 e. The lowest BCUT2D eigenvalue weighted by Crippen LogP contribution is -2.00. The Bertz CT molecular complexity index is 408. The SMILES string of the molecule is CCCCCCCCCCCCOCCO.CCCCCCCCOc1ccccc1. The van der Waals surface area contributed by atoms with Gasteiger partial charge in [-0.3, -0.25) is 0 Å². The number of unbranched alkanes of at least 4 members (excludes halogenated alkanes) is 14. The Morgan fingerprint density at radius 1 is 0.548 bits per heavy atom. The molecule has 0 saturated heterocycles. The van der Waals surface area contributed by atoms with Crippen LogP contribution in [0.15, 0.2) is 30.3 Å². The molecule has 182 valence electrons. The third-order valence-corrected chi connectivity index (χ3v) is 5.39. The van der Waals surface area contributed by atoms with Gasteiger partial charge in [-0.1, -0.05) is 122 Å². The number of aliphatic hydroxyl groups excluding tert-OH is 1. The number of benzene rings is 1. The van der Waals surface area contributed by atoms with Gasteiger partial charge in [0.15, 0.2) is 0 Å². The van der Waals surface area contributed by atoms with E-state index in [1.807, 2.05) is 30.3 Å². The molecule has 0 aliphatic carbocycles. The standard InChI is InChI=1S/C14H30O2.C14H22O/c1-2-3-4-5-6-7-8-9-10-11-13-16-14-12-15;1-2-3-4-5-6-10-13-15-14-11-8-7-9-12-14/h15H,2-14H2,1H3;7-9,11-12H,2-6,10,13H2,1H3. The van der Waals surface area contributed by atoms with Gasteiger partial charge >= 0.3 is 0 Å². The molecule has 1 aromatic carbocycles. The van der Waals surface area contributed by atoms with Gasteiger partial charge in [0, 0.05) is 6.61 Å². The number of hydrogen-bond acceptors (Lipinski definition) is 3. The summed E-state index contributed by atoms with van der Waals surface area (Å²) >= 11 is 0. The van der Waals surface area contributed by atoms with Crippen LogP contribution < -0.4 is 4.74 Å². The Labute approximate surface area is 193 Å². The van der Waals surface area contributed by atoms with E-state index in [0.717, 1.165) is 25.4 Å². The molecule has 0 aromatic heterocycles. The van der Waals surface area contributed by atoms with Crippen molar-refractivity contribution in [1.29, 1.82) is 0 Å². The first-order valence-electron chi connectivity index (χ1n) is 13.2. The van der Waals surface area contributed by atoms with Crippen molar-refractivity contribution >= 4 is 0 Å². The molecule has 3 heteroatoms. The summed E-state index contributed by atoms with van der Waals surface area (Å²) in [5.74, 6) is 0.992. The lowest BCUT2D eigenvalue weighted by atomic mass is 10.1. The van der Waals surface area contributed by atoms with E-state index in [-0.39, 0.29) is 6.61 Å². The van der Waals surface area contributed by atoms with E-state index < -0.39 is 0 Å². The van der Waals surface area contributed by atoms with Crippen molar-refractivity contribution in [2.75, 3.05) is 26.4 Å². The van der Waals surface area contributed by atoms with E-state index >= 15 is 0 Å². The Morgan fingerprint density at radius 3 is 1.48 bits per heavy atom. The lowest BCUT2D eigenvalue weighted by Gasteiger charge is -2.05. The molecule has 0 spiro atoms. The summed E-state index contributed by atoms with van der Waals surface area (Å²) < 4.78 is 10.8. The van der Waals surface area contributed by atoms with Gasteiger partial charge in [-0.25, -0.2) is 0 Å². The average Bonchev–Trinajstić information content (AvgIpc) is 2.80. The number of hydrogen-bond donors (Lipinski definition) is 1. The van der Waals surface area contributed by atoms with Crippen molar-refractivity contribution < 1.29 is 14.6 Å². The Hall–Kier alpha value is -1.06. The Balaban J connectivity index is 0.000000581. The fourth-order valence-corrected chi connectivity index (χ4v) is 3.45. The molecule has 0 fully saturated rings. The first kappa shape index (κ1) is 29.9. The number of para-hydroxylation sites is 1. The third-order valence-electron chi connectivity index (χ3n) is 5.39. The highest BCUT2D eigenvalue weighted by Crippen LogP contribution is 2.11. The minimum absolute atomic E-state index is 0.151. The van der Waals surface area contributed by atoms with Crippen LogP contribution in [0.2, 0.25) is 0 Å². The number of rotatable bonds is 21. The van der Waals surface area contributed by atoms with Crippen molar-refractivity contribution in [2.24, 2.45) is 0 Å². The summed E-state index contributed by atoms with van der Waals surface area (Å²) in [5, 5.41) is 8.50. The largest absolute Gasteiger partial charge is 0.494 e. The van der Waals surface area contributed by atoms with Gasteiger partial charge in [-0.2, -0.15) is 0 Å². The first-order valence-corrected chi connectivity index (χ1v) is 13.2. The molecule has 0 atom stereocenters. The van der Waals surface area contributed by atoms with Gasteiger partial charge in [0.2, 0.25) is 0 Å². The molecule has 0 aliphatic heterocycles. The molecule has 31 heavy (non-hydrogen) atoms. The van der Waals surface area contributed by atoms with Crippen molar-refractivity contribution in [2.45, 2.75) is 117 Å². The maximum absolute atomic E-state index is 8.50. The summed E-state index contributed by atoms with van der Waals surface area (Å²) in [5.41, 5.74) is 0. The van der Waals surface area contributed by atoms with E-state index in [9.17, 15) is 0 Å². The van der Waals surface area contributed by atoms with E-state index in [4.69, 9.17) is 14.6 Å². The monoisotopic (exact) mass is 436 g/mol. The second-order valence-corrected chi connectivity index (χ2v) is 8.45. The van der Waals surface area contributed by atoms with E-state index in [1.54, 1.807) is 0 Å². The molecule has 3 nitrogen and oxygen atoms in total. The zero-order chi connectivity index (χ0) is 22.7. The number of ether oxygens (including phenoxy) is 2. The van der Waals surface area contributed by atoms with Crippen molar-refractivity contribution in [3.8, 4) is 5.75 Å². The van der Waals surface area contributed by atoms with Gasteiger partial charge in [0.1, 0.15) is 5.75 Å². The zero-order valence-electron chi connectivity index (χ0n) is 20.8. The summed E-state index contributed by atoms with van der Waals surface area (Å²) in [6.45, 7) is 6.83. The molecule has 0 bridgehead atoms. The van der Waals surface area contributed by atoms with Gasteiger partial charge in [-0.05, 0) is 25.0 Å². The fraction of sp³-hybridized carbons (Fsp3) is 0.786. The molecule has 1 N–H and O–H groups in total. The van der Waals surface area contributed by atoms with Crippen LogP contribution in [-0.2, 0) is 4.74 Å². The summed E-state index contributed by atoms with van der Waals surface area (Å²) in [7, 11) is 0. The highest BCUT2D eigenvalue weighted by Gasteiger charge is 1.94. The van der Waals surface area contributed by atoms with E-state index in [0.29, 0.717) is 6.61 Å². The fourth-order valence-electron chi connectivity index (χ4n) is 3.45. The van der Waals surface area contributed by atoms with E-state index in [1.165, 1.54) is 96.3 Å². The van der Waals surface area contributed by atoms with Crippen LogP contribution in [0.5, 0.6) is 5.75 Å². The average molecular weight is 437 g/mol. The summed E-state index contributed by atoms with van der Waals surface area (Å²) in [6, 6.07) is 10.1. The normalized spacial score (nSPS) is 10.5. The molecular weight excluding hydrogens is 384 g/mol. The third kappa shape index (κ3) is 25.1.